The Balaban J connectivity index is 1.37. The van der Waals surface area contributed by atoms with Gasteiger partial charge >= 0.3 is 0 Å². The average molecular weight is 372 g/mol. The van der Waals surface area contributed by atoms with Crippen LogP contribution in [-0.2, 0) is 4.79 Å². The molecule has 0 atom stereocenters. The van der Waals surface area contributed by atoms with Crippen LogP contribution in [-0.4, -0.2) is 31.4 Å². The number of hydrogen-bond donors (Lipinski definition) is 2. The molecule has 1 aromatic heterocycles. The van der Waals surface area contributed by atoms with Gasteiger partial charge in [-0.3, -0.25) is 9.59 Å². The third-order valence-corrected chi connectivity index (χ3v) is 5.21. The van der Waals surface area contributed by atoms with E-state index in [9.17, 15) is 9.59 Å². The van der Waals surface area contributed by atoms with Gasteiger partial charge in [0.05, 0.1) is 0 Å². The molecule has 3 rings (SSSR count). The zero-order valence-corrected chi connectivity index (χ0v) is 15.7. The summed E-state index contributed by atoms with van der Waals surface area (Å²) in [7, 11) is 0. The van der Waals surface area contributed by atoms with E-state index in [1.807, 2.05) is 22.9 Å². The summed E-state index contributed by atoms with van der Waals surface area (Å²) in [5, 5.41) is 9.44. The fraction of sp³-hybridized carbons (Fsp3) is 0.400. The van der Waals surface area contributed by atoms with E-state index < -0.39 is 0 Å². The largest absolute Gasteiger partial charge is 0.372 e. The van der Waals surface area contributed by atoms with Crippen molar-refractivity contribution >= 4 is 34.5 Å². The minimum absolute atomic E-state index is 0.0273. The third kappa shape index (κ3) is 5.33. The number of carbonyl (C=O) groups is 2. The predicted molar refractivity (Wildman–Crippen MR) is 107 cm³/mol. The highest BCUT2D eigenvalue weighted by atomic mass is 32.1. The van der Waals surface area contributed by atoms with Gasteiger partial charge in [0.15, 0.2) is 0 Å². The van der Waals surface area contributed by atoms with Crippen molar-refractivity contribution in [3.8, 4) is 0 Å². The quantitative estimate of drug-likeness (QED) is 0.726. The van der Waals surface area contributed by atoms with Crippen molar-refractivity contribution in [2.45, 2.75) is 32.1 Å². The maximum absolute atomic E-state index is 12.0. The van der Waals surface area contributed by atoms with Crippen LogP contribution in [0.5, 0.6) is 0 Å². The summed E-state index contributed by atoms with van der Waals surface area (Å²) < 4.78 is 0. The van der Waals surface area contributed by atoms with Crippen LogP contribution in [0.15, 0.2) is 41.1 Å². The molecule has 0 saturated carbocycles. The molecule has 2 amide bonds. The zero-order chi connectivity index (χ0) is 18.2. The Labute approximate surface area is 158 Å². The molecule has 1 aliphatic rings. The Morgan fingerprint density at radius 3 is 2.50 bits per heavy atom. The van der Waals surface area contributed by atoms with Crippen molar-refractivity contribution in [2.24, 2.45) is 0 Å². The summed E-state index contributed by atoms with van der Waals surface area (Å²) in [5.74, 6) is -0.111. The monoisotopic (exact) mass is 371 g/mol. The van der Waals surface area contributed by atoms with E-state index in [1.54, 1.807) is 6.07 Å². The van der Waals surface area contributed by atoms with Crippen molar-refractivity contribution < 1.29 is 9.59 Å². The topological polar surface area (TPSA) is 61.4 Å². The Morgan fingerprint density at radius 1 is 1.04 bits per heavy atom. The molecule has 6 heteroatoms. The minimum atomic E-state index is -0.0834. The fourth-order valence-electron chi connectivity index (χ4n) is 3.08. The maximum Gasteiger partial charge on any atom is 0.252 e. The molecule has 2 N–H and O–H groups in total. The van der Waals surface area contributed by atoms with Gasteiger partial charge in [-0.1, -0.05) is 0 Å². The molecule has 2 aromatic rings. The van der Waals surface area contributed by atoms with Crippen LogP contribution in [0, 0.1) is 0 Å². The molecule has 1 saturated heterocycles. The van der Waals surface area contributed by atoms with E-state index in [0.29, 0.717) is 24.9 Å². The Kier molecular flexibility index (Phi) is 6.66. The highest BCUT2D eigenvalue weighted by molar-refractivity contribution is 7.08. The number of thiophene rings is 1. The Hall–Kier alpha value is -2.34. The van der Waals surface area contributed by atoms with Gasteiger partial charge in [0.25, 0.3) is 5.91 Å². The SMILES string of the molecule is O=C(CCCNC(=O)c1ccsc1)Nc1ccc(N2CCCCC2)cc1. The van der Waals surface area contributed by atoms with E-state index in [0.717, 1.165) is 18.8 Å². The van der Waals surface area contributed by atoms with E-state index >= 15 is 0 Å². The number of rotatable bonds is 7. The molecule has 0 spiro atoms. The summed E-state index contributed by atoms with van der Waals surface area (Å²) >= 11 is 1.50. The second-order valence-corrected chi connectivity index (χ2v) is 7.29. The molecule has 5 nitrogen and oxygen atoms in total. The van der Waals surface area contributed by atoms with Crippen LogP contribution < -0.4 is 15.5 Å². The molecular formula is C20H25N3O2S. The first-order valence-corrected chi connectivity index (χ1v) is 10.1. The maximum atomic E-state index is 12.0. The number of nitrogens with one attached hydrogen (secondary N) is 2. The van der Waals surface area contributed by atoms with Crippen molar-refractivity contribution in [2.75, 3.05) is 29.9 Å². The van der Waals surface area contributed by atoms with Gasteiger partial charge in [0, 0.05) is 48.4 Å². The number of nitrogens with zero attached hydrogens (tertiary/aromatic N) is 1. The molecule has 0 unspecified atom stereocenters. The summed E-state index contributed by atoms with van der Waals surface area (Å²) in [6.07, 6.45) is 4.83. The molecular weight excluding hydrogens is 346 g/mol. The predicted octanol–water partition coefficient (Wildman–Crippen LogP) is 3.89. The summed E-state index contributed by atoms with van der Waals surface area (Å²) in [5.41, 5.74) is 2.71. The van der Waals surface area contributed by atoms with Gasteiger partial charge in [-0.15, -0.1) is 0 Å². The molecule has 0 aliphatic carbocycles. The van der Waals surface area contributed by atoms with E-state index in [4.69, 9.17) is 0 Å². The zero-order valence-electron chi connectivity index (χ0n) is 14.9. The second-order valence-electron chi connectivity index (χ2n) is 6.51. The Bertz CT molecular complexity index is 707. The Morgan fingerprint density at radius 2 is 1.81 bits per heavy atom. The first-order valence-electron chi connectivity index (χ1n) is 9.17. The normalized spacial score (nSPS) is 14.1. The number of benzene rings is 1. The highest BCUT2D eigenvalue weighted by Crippen LogP contribution is 2.21. The number of anilines is 2. The molecule has 1 aromatic carbocycles. The molecule has 1 aliphatic heterocycles. The lowest BCUT2D eigenvalue weighted by Crippen LogP contribution is -2.29. The first kappa shape index (κ1) is 18.5. The minimum Gasteiger partial charge on any atom is -0.372 e. The van der Waals surface area contributed by atoms with Gasteiger partial charge < -0.3 is 15.5 Å². The van der Waals surface area contributed by atoms with Crippen LogP contribution in [0.2, 0.25) is 0 Å². The van der Waals surface area contributed by atoms with Crippen LogP contribution in [0.1, 0.15) is 42.5 Å². The fourth-order valence-corrected chi connectivity index (χ4v) is 3.71. The second kappa shape index (κ2) is 9.38. The number of piperidine rings is 1. The average Bonchev–Trinajstić information content (AvgIpc) is 3.21. The molecule has 2 heterocycles. The standard InChI is InChI=1S/C20H25N3O2S/c24-19(5-4-11-21-20(25)16-10-14-26-15-16)22-17-6-8-18(9-7-17)23-12-2-1-3-13-23/h6-10,14-15H,1-5,11-13H2,(H,21,25)(H,22,24). The lowest BCUT2D eigenvalue weighted by atomic mass is 10.1. The highest BCUT2D eigenvalue weighted by Gasteiger charge is 2.11. The summed E-state index contributed by atoms with van der Waals surface area (Å²) in [6.45, 7) is 2.72. The number of amides is 2. The smallest absolute Gasteiger partial charge is 0.252 e. The van der Waals surface area contributed by atoms with Gasteiger partial charge in [0.1, 0.15) is 0 Å². The van der Waals surface area contributed by atoms with Gasteiger partial charge in [-0.2, -0.15) is 11.3 Å². The van der Waals surface area contributed by atoms with E-state index in [-0.39, 0.29) is 11.8 Å². The van der Waals surface area contributed by atoms with Gasteiger partial charge in [-0.25, -0.2) is 0 Å². The molecule has 0 radical (unpaired) electrons. The molecule has 26 heavy (non-hydrogen) atoms. The lowest BCUT2D eigenvalue weighted by molar-refractivity contribution is -0.116. The third-order valence-electron chi connectivity index (χ3n) is 4.52. The molecule has 0 bridgehead atoms. The van der Waals surface area contributed by atoms with Crippen LogP contribution in [0.4, 0.5) is 11.4 Å². The van der Waals surface area contributed by atoms with Crippen molar-refractivity contribution in [3.63, 3.8) is 0 Å². The van der Waals surface area contributed by atoms with Gasteiger partial charge in [-0.05, 0) is 61.4 Å². The van der Waals surface area contributed by atoms with Crippen LogP contribution in [0.3, 0.4) is 0 Å². The number of hydrogen-bond acceptors (Lipinski definition) is 4. The van der Waals surface area contributed by atoms with Crippen molar-refractivity contribution in [1.82, 2.24) is 5.32 Å². The molecule has 138 valence electrons. The number of carbonyl (C=O) groups excluding carboxylic acids is 2. The lowest BCUT2D eigenvalue weighted by Gasteiger charge is -2.28. The van der Waals surface area contributed by atoms with Crippen LogP contribution >= 0.6 is 11.3 Å². The van der Waals surface area contributed by atoms with Crippen LogP contribution in [0.25, 0.3) is 0 Å². The first-order chi connectivity index (χ1) is 12.7. The summed E-state index contributed by atoms with van der Waals surface area (Å²) in [4.78, 5) is 26.2. The van der Waals surface area contributed by atoms with Crippen molar-refractivity contribution in [3.05, 3.63) is 46.7 Å². The van der Waals surface area contributed by atoms with Gasteiger partial charge in [0.2, 0.25) is 5.91 Å². The molecule has 1 fully saturated rings. The summed E-state index contributed by atoms with van der Waals surface area (Å²) in [6, 6.07) is 9.85. The van der Waals surface area contributed by atoms with Crippen molar-refractivity contribution in [1.29, 1.82) is 0 Å². The van der Waals surface area contributed by atoms with E-state index in [2.05, 4.69) is 27.7 Å². The van der Waals surface area contributed by atoms with E-state index in [1.165, 1.54) is 36.3 Å².